The Hall–Kier alpha value is -11.2. The van der Waals surface area contributed by atoms with Crippen molar-refractivity contribution < 1.29 is 131 Å². The number of hydrogen-bond donors (Lipinski definition) is 24. The number of nitrogens with one attached hydrogen (secondary N) is 14. The van der Waals surface area contributed by atoms with E-state index in [1.807, 2.05) is 10.6 Å². The van der Waals surface area contributed by atoms with Gasteiger partial charge in [-0.25, -0.2) is 4.79 Å². The average Bonchev–Trinajstić information content (AvgIpc) is 0.852. The van der Waals surface area contributed by atoms with Crippen molar-refractivity contribution in [2.24, 2.45) is 52.5 Å². The minimum Gasteiger partial charge on any atom is -0.481 e. The summed E-state index contributed by atoms with van der Waals surface area (Å²) in [5.41, 5.74) is 21.7. The molecule has 632 valence electrons. The Bertz CT molecular complexity index is 3370. The van der Waals surface area contributed by atoms with Crippen LogP contribution in [0.1, 0.15) is 160 Å². The van der Waals surface area contributed by atoms with E-state index in [0.717, 1.165) is 6.92 Å². The van der Waals surface area contributed by atoms with E-state index in [-0.39, 0.29) is 18.8 Å². The number of rotatable bonds is 54. The van der Waals surface area contributed by atoms with Crippen LogP contribution < -0.4 is 97.4 Å². The molecule has 0 heterocycles. The number of hydrogen-bond acceptors (Lipinski definition) is 24. The topological polar surface area (TPSA) is 752 Å². The smallest absolute Gasteiger partial charge is 0.326 e. The molecule has 0 spiro atoms. The lowest BCUT2D eigenvalue weighted by molar-refractivity contribution is -0.144. The fraction of sp³-hybridized carbons (Fsp3) is 0.687. The van der Waals surface area contributed by atoms with Gasteiger partial charge in [-0.05, 0) is 75.5 Å². The molecule has 0 aromatic rings. The minimum absolute atomic E-state index is 0.00588. The Morgan fingerprint density at radius 3 is 1.09 bits per heavy atom. The predicted molar refractivity (Wildman–Crippen MR) is 388 cm³/mol. The van der Waals surface area contributed by atoms with Crippen LogP contribution in [0.15, 0.2) is 0 Å². The highest BCUT2D eigenvalue weighted by Crippen LogP contribution is 2.15. The van der Waals surface area contributed by atoms with Gasteiger partial charge in [0.15, 0.2) is 0 Å². The molecule has 0 aromatic heterocycles. The van der Waals surface area contributed by atoms with Crippen LogP contribution in [0, 0.1) is 29.6 Å². The Morgan fingerprint density at radius 1 is 0.339 bits per heavy atom. The van der Waals surface area contributed by atoms with Crippen LogP contribution in [0.4, 0.5) is 0 Å². The Labute approximate surface area is 644 Å². The van der Waals surface area contributed by atoms with Gasteiger partial charge in [0.05, 0.1) is 32.1 Å². The van der Waals surface area contributed by atoms with Crippen molar-refractivity contribution in [3.63, 3.8) is 0 Å². The minimum atomic E-state index is -2.18. The van der Waals surface area contributed by atoms with Crippen LogP contribution in [-0.2, 0) is 101 Å². The van der Waals surface area contributed by atoms with E-state index in [1.54, 1.807) is 13.8 Å². The fourth-order valence-electron chi connectivity index (χ4n) is 10.2. The molecule has 17 amide bonds. The first-order valence-corrected chi connectivity index (χ1v) is 35.9. The van der Waals surface area contributed by atoms with Gasteiger partial charge in [-0.15, -0.1) is 0 Å². The zero-order valence-electron chi connectivity index (χ0n) is 64.5. The second kappa shape index (κ2) is 49.8. The summed E-state index contributed by atoms with van der Waals surface area (Å²) in [6.07, 6.45) is -8.48. The lowest BCUT2D eigenvalue weighted by Gasteiger charge is -2.29. The number of carbonyl (C=O) groups is 21. The van der Waals surface area contributed by atoms with Crippen molar-refractivity contribution >= 4 is 124 Å². The van der Waals surface area contributed by atoms with Gasteiger partial charge in [-0.3, -0.25) is 95.9 Å². The Morgan fingerprint density at radius 2 is 0.679 bits per heavy atom. The van der Waals surface area contributed by atoms with Crippen LogP contribution in [-0.4, -0.2) is 259 Å². The summed E-state index contributed by atoms with van der Waals surface area (Å²) in [6.45, 7) is 15.1. The van der Waals surface area contributed by atoms with Crippen molar-refractivity contribution in [2.75, 3.05) is 13.2 Å². The number of carbonyl (C=O) groups excluding carboxylic acids is 17. The van der Waals surface area contributed by atoms with E-state index >= 15 is 0 Å². The number of aliphatic hydroxyl groups is 2. The van der Waals surface area contributed by atoms with Gasteiger partial charge in [0.2, 0.25) is 100 Å². The Balaban J connectivity index is 6.75. The number of aliphatic hydroxyl groups excluding tert-OH is 2. The zero-order chi connectivity index (χ0) is 86.5. The lowest BCUT2D eigenvalue weighted by Crippen LogP contribution is -2.62. The van der Waals surface area contributed by atoms with Gasteiger partial charge in [0.25, 0.3) is 0 Å². The molecule has 112 heavy (non-hydrogen) atoms. The summed E-state index contributed by atoms with van der Waals surface area (Å²) < 4.78 is 0. The first-order chi connectivity index (χ1) is 51.9. The molecule has 0 aliphatic heterocycles. The third kappa shape index (κ3) is 37.9. The summed E-state index contributed by atoms with van der Waals surface area (Å²) >= 11 is 0. The SMILES string of the molecule is CC[C@H](C)[C@H](NC(=O)[C@H](CCC(=O)O)NC(=O)CNC(=O)[C@H](CCC(N)=O)NC(=O)[C@H](C)NC(=O)[C@H](CCC(N)=O)NC(=O)[C@H](CC(C)C)NC(=O)[C@@H](N)[C@@H](C)O)C(=O)N[C@@H](CO)C(=O)N[C@@H](CC(N)=O)C(=O)N[C@@H](CC(=O)O)C(=O)N[C@H](C(=O)N[C@@H](CCC(=O)O)C(=O)N[C@H](C(=O)N[C@H](C(=O)O)C(C)C)C(C)C)C(C)C. The largest absolute Gasteiger partial charge is 0.481 e. The fourth-order valence-corrected chi connectivity index (χ4v) is 10.2. The van der Waals surface area contributed by atoms with E-state index in [4.69, 9.17) is 22.9 Å². The molecule has 0 fully saturated rings. The van der Waals surface area contributed by atoms with Gasteiger partial charge in [0.1, 0.15) is 84.6 Å². The van der Waals surface area contributed by atoms with E-state index in [1.165, 1.54) is 62.3 Å². The normalized spacial score (nSPS) is 15.5. The summed E-state index contributed by atoms with van der Waals surface area (Å²) in [5, 5.41) is 90.3. The van der Waals surface area contributed by atoms with Gasteiger partial charge >= 0.3 is 23.9 Å². The zero-order valence-corrected chi connectivity index (χ0v) is 64.5. The number of aliphatic carboxylic acids is 4. The first kappa shape index (κ1) is 101. The van der Waals surface area contributed by atoms with E-state index in [9.17, 15) is 131 Å². The molecule has 0 radical (unpaired) electrons. The molecular formula is C67H112N18O27. The van der Waals surface area contributed by atoms with Crippen molar-refractivity contribution in [1.82, 2.24) is 74.4 Å². The van der Waals surface area contributed by atoms with Crippen molar-refractivity contribution in [2.45, 2.75) is 251 Å². The highest BCUT2D eigenvalue weighted by Gasteiger charge is 2.40. The first-order valence-electron chi connectivity index (χ1n) is 35.9. The molecule has 0 bridgehead atoms. The molecule has 28 N–H and O–H groups in total. The summed E-state index contributed by atoms with van der Waals surface area (Å²) in [6, 6.07) is -23.9. The van der Waals surface area contributed by atoms with Crippen molar-refractivity contribution in [1.29, 1.82) is 0 Å². The molecule has 0 rings (SSSR count). The standard InChI is InChI=1S/C67H112N18O27/c1-13-31(10)53(85-57(101)35(16-20-46(92)93)74-45(91)25-72-55(99)34(14-18-42(68)88)75-54(98)32(11)73-56(100)36(15-19-43(69)89)76-59(103)38(22-27(2)3)80-63(107)49(71)33(12)87)66(110)81-41(26-86)62(106)78-39(23-44(70)90)60(104)79-40(24-48(96)97)61(105)83-50(28(4)5)64(108)77-37(17-21-47(94)95)58(102)82-51(29(6)7)65(109)84-52(30(8)9)67(111)112/h27-41,49-53,86-87H,13-26,71H2,1-12H3,(H2,68,88)(H2,69,89)(H2,70,90)(H,72,99)(H,73,100)(H,74,91)(H,75,98)(H,76,103)(H,77,108)(H,78,106)(H,79,104)(H,80,107)(H,81,110)(H,82,102)(H,83,105)(H,84,109)(H,85,101)(H,92,93)(H,94,95)(H,96,97)(H,111,112)/t31-,32-,33+,34-,35-,36-,37-,38-,39-,40-,41-,49-,50-,51-,52-,53-/m0/s1. The predicted octanol–water partition coefficient (Wildman–Crippen LogP) is -9.12. The molecule has 16 atom stereocenters. The monoisotopic (exact) mass is 1600 g/mol. The molecule has 0 aliphatic rings. The maximum Gasteiger partial charge on any atom is 0.326 e. The number of amides is 17. The van der Waals surface area contributed by atoms with Crippen molar-refractivity contribution in [3.8, 4) is 0 Å². The third-order valence-corrected chi connectivity index (χ3v) is 16.9. The maximum atomic E-state index is 14.1. The van der Waals surface area contributed by atoms with E-state index < -0.39 is 316 Å². The second-order valence-electron chi connectivity index (χ2n) is 28.1. The quantitative estimate of drug-likeness (QED) is 0.0269. The lowest BCUT2D eigenvalue weighted by atomic mass is 9.97. The van der Waals surface area contributed by atoms with Crippen LogP contribution in [0.5, 0.6) is 0 Å². The summed E-state index contributed by atoms with van der Waals surface area (Å²) in [7, 11) is 0. The maximum absolute atomic E-state index is 14.1. The highest BCUT2D eigenvalue weighted by molar-refractivity contribution is 6.02. The van der Waals surface area contributed by atoms with Crippen LogP contribution in [0.2, 0.25) is 0 Å². The summed E-state index contributed by atoms with van der Waals surface area (Å²) in [5.74, 6) is -29.1. The van der Waals surface area contributed by atoms with Gasteiger partial charge in [-0.2, -0.15) is 0 Å². The molecule has 0 aromatic carbocycles. The Kier molecular flexibility index (Phi) is 44.8. The number of carboxylic acids is 4. The molecule has 0 unspecified atom stereocenters. The van der Waals surface area contributed by atoms with Gasteiger partial charge in [0, 0.05) is 25.7 Å². The number of carboxylic acid groups (broad SMARTS) is 4. The van der Waals surface area contributed by atoms with Gasteiger partial charge in [-0.1, -0.05) is 75.7 Å². The van der Waals surface area contributed by atoms with Crippen molar-refractivity contribution in [3.05, 3.63) is 0 Å². The second-order valence-corrected chi connectivity index (χ2v) is 28.1. The molecular weight excluding hydrogens is 1490 g/mol. The average molecular weight is 1600 g/mol. The third-order valence-electron chi connectivity index (χ3n) is 16.9. The van der Waals surface area contributed by atoms with Crippen LogP contribution in [0.3, 0.4) is 0 Å². The summed E-state index contributed by atoms with van der Waals surface area (Å²) in [4.78, 5) is 275. The van der Waals surface area contributed by atoms with Gasteiger partial charge < -0.3 is 128 Å². The van der Waals surface area contributed by atoms with E-state index in [2.05, 4.69) is 63.8 Å². The number of nitrogens with two attached hydrogens (primary N) is 4. The molecule has 0 saturated carbocycles. The van der Waals surface area contributed by atoms with Crippen LogP contribution in [0.25, 0.3) is 0 Å². The molecule has 45 heteroatoms. The highest BCUT2D eigenvalue weighted by atomic mass is 16.4. The van der Waals surface area contributed by atoms with Crippen LogP contribution >= 0.6 is 0 Å². The molecule has 0 saturated heterocycles. The van der Waals surface area contributed by atoms with E-state index in [0.29, 0.717) is 0 Å². The molecule has 0 aliphatic carbocycles. The number of primary amides is 3. The molecule has 45 nitrogen and oxygen atoms in total.